The normalized spacial score (nSPS) is 14.3. The molecule has 0 aliphatic rings. The quantitative estimate of drug-likeness (QED) is 0.763. The van der Waals surface area contributed by atoms with Crippen LogP contribution in [0, 0.1) is 6.92 Å². The summed E-state index contributed by atoms with van der Waals surface area (Å²) in [5.41, 5.74) is 0.761. The van der Waals surface area contributed by atoms with Crippen LogP contribution in [0.5, 0.6) is 0 Å². The van der Waals surface area contributed by atoms with E-state index in [1.54, 1.807) is 18.8 Å². The fourth-order valence-corrected chi connectivity index (χ4v) is 1.80. The highest BCUT2D eigenvalue weighted by molar-refractivity contribution is 5.95. The van der Waals surface area contributed by atoms with E-state index in [0.717, 1.165) is 5.69 Å². The van der Waals surface area contributed by atoms with E-state index in [1.807, 2.05) is 13.8 Å². The summed E-state index contributed by atoms with van der Waals surface area (Å²) in [6, 6.07) is 0. The Balaban J connectivity index is 2.81. The van der Waals surface area contributed by atoms with Gasteiger partial charge in [0.2, 0.25) is 0 Å². The molecule has 1 rings (SSSR count). The van der Waals surface area contributed by atoms with Crippen molar-refractivity contribution in [1.29, 1.82) is 0 Å². The summed E-state index contributed by atoms with van der Waals surface area (Å²) in [6.07, 6.45) is 1.97. The third kappa shape index (κ3) is 3.30. The lowest BCUT2D eigenvalue weighted by molar-refractivity contribution is 0.0725. The Morgan fingerprint density at radius 2 is 2.33 bits per heavy atom. The second-order valence-electron chi connectivity index (χ2n) is 4.69. The molecule has 6 heteroatoms. The molecule has 18 heavy (non-hydrogen) atoms. The van der Waals surface area contributed by atoms with Gasteiger partial charge in [-0.25, -0.2) is 0 Å². The zero-order chi connectivity index (χ0) is 13.8. The van der Waals surface area contributed by atoms with Crippen LogP contribution < -0.4 is 5.32 Å². The molecule has 102 valence electrons. The van der Waals surface area contributed by atoms with Crippen molar-refractivity contribution in [3.05, 3.63) is 17.5 Å². The minimum absolute atomic E-state index is 0.00778. The molecule has 0 spiro atoms. The third-order valence-electron chi connectivity index (χ3n) is 3.02. The van der Waals surface area contributed by atoms with Crippen molar-refractivity contribution in [2.45, 2.75) is 25.8 Å². The molecule has 0 bridgehead atoms. The Labute approximate surface area is 107 Å². The smallest absolute Gasteiger partial charge is 0.255 e. The number of nitrogens with zero attached hydrogens (tertiary/aromatic N) is 2. The number of aromatic nitrogens is 2. The molecule has 1 amide bonds. The molecule has 0 radical (unpaired) electrons. The van der Waals surface area contributed by atoms with Gasteiger partial charge in [0, 0.05) is 26.5 Å². The van der Waals surface area contributed by atoms with Gasteiger partial charge in [-0.3, -0.25) is 9.48 Å². The van der Waals surface area contributed by atoms with Gasteiger partial charge in [0.1, 0.15) is 0 Å². The Morgan fingerprint density at radius 3 is 2.78 bits per heavy atom. The van der Waals surface area contributed by atoms with Crippen molar-refractivity contribution in [2.24, 2.45) is 7.05 Å². The highest BCUT2D eigenvalue weighted by atomic mass is 16.5. The summed E-state index contributed by atoms with van der Waals surface area (Å²) in [4.78, 5) is 12.1. The van der Waals surface area contributed by atoms with Crippen LogP contribution in [0.4, 0.5) is 0 Å². The van der Waals surface area contributed by atoms with Gasteiger partial charge < -0.3 is 15.2 Å². The van der Waals surface area contributed by atoms with Gasteiger partial charge in [0.25, 0.3) is 5.91 Å². The van der Waals surface area contributed by atoms with E-state index in [0.29, 0.717) is 18.6 Å². The van der Waals surface area contributed by atoms with E-state index in [1.165, 1.54) is 6.20 Å². The van der Waals surface area contributed by atoms with Crippen LogP contribution in [0.25, 0.3) is 0 Å². The third-order valence-corrected chi connectivity index (χ3v) is 3.02. The summed E-state index contributed by atoms with van der Waals surface area (Å²) in [6.45, 7) is 4.02. The Morgan fingerprint density at radius 1 is 1.67 bits per heavy atom. The first-order valence-corrected chi connectivity index (χ1v) is 5.84. The van der Waals surface area contributed by atoms with Crippen molar-refractivity contribution in [3.8, 4) is 0 Å². The van der Waals surface area contributed by atoms with Crippen molar-refractivity contribution >= 4 is 5.91 Å². The number of carbonyl (C=O) groups excluding carboxylic acids is 1. The van der Waals surface area contributed by atoms with Crippen LogP contribution in [0.15, 0.2) is 6.20 Å². The molecule has 1 heterocycles. The van der Waals surface area contributed by atoms with Gasteiger partial charge in [-0.05, 0) is 20.3 Å². The molecule has 1 unspecified atom stereocenters. The number of amides is 1. The molecule has 6 nitrogen and oxygen atoms in total. The summed E-state index contributed by atoms with van der Waals surface area (Å²) < 4.78 is 6.73. The van der Waals surface area contributed by atoms with Gasteiger partial charge >= 0.3 is 0 Å². The number of nitrogens with one attached hydrogen (secondary N) is 1. The number of carbonyl (C=O) groups is 1. The Hall–Kier alpha value is -1.40. The van der Waals surface area contributed by atoms with Crippen molar-refractivity contribution < 1.29 is 14.6 Å². The molecular formula is C12H21N3O3. The molecule has 0 saturated carbocycles. The maximum Gasteiger partial charge on any atom is 0.255 e. The van der Waals surface area contributed by atoms with Gasteiger partial charge in [0.15, 0.2) is 0 Å². The fraction of sp³-hybridized carbons (Fsp3) is 0.667. The molecule has 1 aromatic rings. The molecule has 0 fully saturated rings. The van der Waals surface area contributed by atoms with Crippen LogP contribution in [0.3, 0.4) is 0 Å². The molecule has 1 atom stereocenters. The summed E-state index contributed by atoms with van der Waals surface area (Å²) in [5, 5.41) is 16.0. The highest BCUT2D eigenvalue weighted by Crippen LogP contribution is 2.13. The monoisotopic (exact) mass is 255 g/mol. The largest absolute Gasteiger partial charge is 0.396 e. The number of aliphatic hydroxyl groups is 1. The first-order chi connectivity index (χ1) is 8.43. The average molecular weight is 255 g/mol. The second-order valence-corrected chi connectivity index (χ2v) is 4.69. The molecule has 0 aliphatic carbocycles. The van der Waals surface area contributed by atoms with E-state index in [-0.39, 0.29) is 12.5 Å². The maximum absolute atomic E-state index is 12.1. The standard InChI is InChI=1S/C12H21N3O3/c1-9-10(7-13-15(9)3)11(17)14-12(2,5-6-16)8-18-4/h7,16H,5-6,8H2,1-4H3,(H,14,17). The van der Waals surface area contributed by atoms with Crippen LogP contribution in [0.2, 0.25) is 0 Å². The lowest BCUT2D eigenvalue weighted by Gasteiger charge is -2.29. The fourth-order valence-electron chi connectivity index (χ4n) is 1.80. The zero-order valence-electron chi connectivity index (χ0n) is 11.4. The molecular weight excluding hydrogens is 234 g/mol. The molecule has 2 N–H and O–H groups in total. The predicted octanol–water partition coefficient (Wildman–Crippen LogP) is 0.246. The van der Waals surface area contributed by atoms with Crippen molar-refractivity contribution in [2.75, 3.05) is 20.3 Å². The second kappa shape index (κ2) is 5.97. The number of hydrogen-bond donors (Lipinski definition) is 2. The first kappa shape index (κ1) is 14.7. The van der Waals surface area contributed by atoms with E-state index in [4.69, 9.17) is 9.84 Å². The van der Waals surface area contributed by atoms with Crippen LogP contribution in [0.1, 0.15) is 29.4 Å². The predicted molar refractivity (Wildman–Crippen MR) is 67.4 cm³/mol. The topological polar surface area (TPSA) is 76.4 Å². The number of hydrogen-bond acceptors (Lipinski definition) is 4. The minimum atomic E-state index is -0.580. The van der Waals surface area contributed by atoms with E-state index >= 15 is 0 Å². The van der Waals surface area contributed by atoms with Gasteiger partial charge in [-0.1, -0.05) is 0 Å². The number of aliphatic hydroxyl groups excluding tert-OH is 1. The Bertz CT molecular complexity index is 409. The zero-order valence-corrected chi connectivity index (χ0v) is 11.4. The lowest BCUT2D eigenvalue weighted by Crippen LogP contribution is -2.50. The van der Waals surface area contributed by atoms with Gasteiger partial charge in [-0.15, -0.1) is 0 Å². The van der Waals surface area contributed by atoms with Gasteiger partial charge in [0.05, 0.1) is 23.9 Å². The maximum atomic E-state index is 12.1. The van der Waals surface area contributed by atoms with Crippen molar-refractivity contribution in [1.82, 2.24) is 15.1 Å². The summed E-state index contributed by atoms with van der Waals surface area (Å²) >= 11 is 0. The lowest BCUT2D eigenvalue weighted by atomic mass is 9.99. The van der Waals surface area contributed by atoms with Crippen molar-refractivity contribution in [3.63, 3.8) is 0 Å². The summed E-state index contributed by atoms with van der Waals surface area (Å²) in [5.74, 6) is -0.200. The van der Waals surface area contributed by atoms with E-state index in [9.17, 15) is 4.79 Å². The number of rotatable bonds is 6. The molecule has 0 aliphatic heterocycles. The van der Waals surface area contributed by atoms with E-state index in [2.05, 4.69) is 10.4 Å². The Kier molecular flexibility index (Phi) is 4.86. The SMILES string of the molecule is COCC(C)(CCO)NC(=O)c1cnn(C)c1C. The molecule has 1 aromatic heterocycles. The first-order valence-electron chi connectivity index (χ1n) is 5.84. The summed E-state index contributed by atoms with van der Waals surface area (Å²) in [7, 11) is 3.35. The molecule has 0 aromatic carbocycles. The number of ether oxygens (including phenoxy) is 1. The van der Waals surface area contributed by atoms with Gasteiger partial charge in [-0.2, -0.15) is 5.10 Å². The minimum Gasteiger partial charge on any atom is -0.396 e. The number of methoxy groups -OCH3 is 1. The van der Waals surface area contributed by atoms with Crippen LogP contribution in [-0.4, -0.2) is 46.7 Å². The molecule has 0 saturated heterocycles. The highest BCUT2D eigenvalue weighted by Gasteiger charge is 2.27. The van der Waals surface area contributed by atoms with E-state index < -0.39 is 5.54 Å². The van der Waals surface area contributed by atoms with Crippen LogP contribution in [-0.2, 0) is 11.8 Å². The number of aryl methyl sites for hydroxylation is 1. The van der Waals surface area contributed by atoms with Crippen LogP contribution >= 0.6 is 0 Å². The average Bonchev–Trinajstić information content (AvgIpc) is 2.60.